The molecule has 5 heteroatoms. The van der Waals surface area contributed by atoms with Crippen LogP contribution >= 0.6 is 0 Å². The number of anilines is 1. The zero-order chi connectivity index (χ0) is 12.7. The van der Waals surface area contributed by atoms with Gasteiger partial charge in [-0.3, -0.25) is 0 Å². The number of rotatable bonds is 7. The summed E-state index contributed by atoms with van der Waals surface area (Å²) in [5, 5.41) is 8.32. The van der Waals surface area contributed by atoms with Gasteiger partial charge in [-0.1, -0.05) is 6.92 Å². The van der Waals surface area contributed by atoms with Crippen LogP contribution in [0.15, 0.2) is 12.1 Å². The van der Waals surface area contributed by atoms with Crippen LogP contribution in [-0.2, 0) is 6.54 Å². The molecule has 5 nitrogen and oxygen atoms in total. The molecule has 0 aliphatic rings. The summed E-state index contributed by atoms with van der Waals surface area (Å²) in [7, 11) is 4.15. The number of likely N-dealkylation sites (N-methyl/N-ethyl adjacent to an activating group) is 1. The largest absolute Gasteiger partial charge is 0.354 e. The van der Waals surface area contributed by atoms with Crippen LogP contribution in [-0.4, -0.2) is 48.8 Å². The molecule has 0 amide bonds. The molecule has 17 heavy (non-hydrogen) atoms. The van der Waals surface area contributed by atoms with E-state index in [-0.39, 0.29) is 0 Å². The Morgan fingerprint density at radius 3 is 2.35 bits per heavy atom. The summed E-state index contributed by atoms with van der Waals surface area (Å²) >= 11 is 0. The molecule has 0 saturated carbocycles. The second-order valence-electron chi connectivity index (χ2n) is 4.38. The van der Waals surface area contributed by atoms with Gasteiger partial charge in [0.25, 0.3) is 0 Å². The van der Waals surface area contributed by atoms with Gasteiger partial charge in [0.05, 0.1) is 5.69 Å². The SMILES string of the molecule is CCCN(CCN(C)C)c1ccc(CN)nn1. The van der Waals surface area contributed by atoms with Crippen molar-refractivity contribution < 1.29 is 0 Å². The molecule has 2 N–H and O–H groups in total. The van der Waals surface area contributed by atoms with Crippen LogP contribution in [0.2, 0.25) is 0 Å². The Labute approximate surface area is 104 Å². The smallest absolute Gasteiger partial charge is 0.151 e. The van der Waals surface area contributed by atoms with Crippen LogP contribution in [0.25, 0.3) is 0 Å². The topological polar surface area (TPSA) is 58.3 Å². The Morgan fingerprint density at radius 1 is 1.12 bits per heavy atom. The lowest BCUT2D eigenvalue weighted by Crippen LogP contribution is -2.33. The fraction of sp³-hybridized carbons (Fsp3) is 0.667. The van der Waals surface area contributed by atoms with Crippen molar-refractivity contribution in [1.82, 2.24) is 15.1 Å². The van der Waals surface area contributed by atoms with Crippen LogP contribution in [0.5, 0.6) is 0 Å². The summed E-state index contributed by atoms with van der Waals surface area (Å²) < 4.78 is 0. The van der Waals surface area contributed by atoms with Gasteiger partial charge in [0.2, 0.25) is 0 Å². The Kier molecular flexibility index (Phi) is 5.86. The van der Waals surface area contributed by atoms with Gasteiger partial charge in [0.15, 0.2) is 5.82 Å². The third-order valence-electron chi connectivity index (χ3n) is 2.55. The van der Waals surface area contributed by atoms with E-state index in [0.717, 1.165) is 37.6 Å². The molecule has 1 heterocycles. The maximum atomic E-state index is 5.51. The maximum absolute atomic E-state index is 5.51. The van der Waals surface area contributed by atoms with Gasteiger partial charge >= 0.3 is 0 Å². The molecular formula is C12H23N5. The molecule has 1 aromatic rings. The number of nitrogens with two attached hydrogens (primary N) is 1. The standard InChI is InChI=1S/C12H23N5/c1-4-7-17(9-8-16(2)3)12-6-5-11(10-13)14-15-12/h5-6H,4,7-10,13H2,1-3H3. The van der Waals surface area contributed by atoms with Crippen molar-refractivity contribution in [3.8, 4) is 0 Å². The van der Waals surface area contributed by atoms with Crippen LogP contribution in [0.4, 0.5) is 5.82 Å². The first kappa shape index (κ1) is 13.9. The van der Waals surface area contributed by atoms with Gasteiger partial charge in [-0.05, 0) is 32.6 Å². The van der Waals surface area contributed by atoms with Gasteiger partial charge in [0.1, 0.15) is 0 Å². The van der Waals surface area contributed by atoms with E-state index in [0.29, 0.717) is 6.54 Å². The highest BCUT2D eigenvalue weighted by atomic mass is 15.3. The summed E-state index contributed by atoms with van der Waals surface area (Å²) in [6.45, 7) is 5.60. The molecule has 0 aliphatic heterocycles. The molecular weight excluding hydrogens is 214 g/mol. The van der Waals surface area contributed by atoms with Crippen LogP contribution < -0.4 is 10.6 Å². The summed E-state index contributed by atoms with van der Waals surface area (Å²) in [4.78, 5) is 4.43. The van der Waals surface area contributed by atoms with E-state index in [2.05, 4.69) is 41.0 Å². The number of hydrogen-bond acceptors (Lipinski definition) is 5. The van der Waals surface area contributed by atoms with Crippen LogP contribution in [0, 0.1) is 0 Å². The Balaban J connectivity index is 2.67. The first-order valence-electron chi connectivity index (χ1n) is 6.09. The second kappa shape index (κ2) is 7.19. The molecule has 96 valence electrons. The van der Waals surface area contributed by atoms with Crippen molar-refractivity contribution in [2.24, 2.45) is 5.73 Å². The molecule has 0 aliphatic carbocycles. The van der Waals surface area contributed by atoms with Gasteiger partial charge < -0.3 is 15.5 Å². The number of nitrogens with zero attached hydrogens (tertiary/aromatic N) is 4. The van der Waals surface area contributed by atoms with E-state index >= 15 is 0 Å². The number of hydrogen-bond donors (Lipinski definition) is 1. The van der Waals surface area contributed by atoms with E-state index in [1.54, 1.807) is 0 Å². The lowest BCUT2D eigenvalue weighted by atomic mass is 10.3. The summed E-state index contributed by atoms with van der Waals surface area (Å²) in [6, 6.07) is 3.95. The van der Waals surface area contributed by atoms with Crippen molar-refractivity contribution in [1.29, 1.82) is 0 Å². The van der Waals surface area contributed by atoms with Gasteiger partial charge in [-0.25, -0.2) is 0 Å². The zero-order valence-corrected chi connectivity index (χ0v) is 11.1. The van der Waals surface area contributed by atoms with Crippen molar-refractivity contribution in [2.45, 2.75) is 19.9 Å². The first-order valence-corrected chi connectivity index (χ1v) is 6.09. The van der Waals surface area contributed by atoms with E-state index in [4.69, 9.17) is 5.73 Å². The summed E-state index contributed by atoms with van der Waals surface area (Å²) in [5.41, 5.74) is 6.34. The predicted molar refractivity (Wildman–Crippen MR) is 71.0 cm³/mol. The predicted octanol–water partition coefficient (Wildman–Crippen LogP) is 0.713. The first-order chi connectivity index (χ1) is 8.17. The Bertz CT molecular complexity index is 309. The molecule has 0 fully saturated rings. The molecule has 0 bridgehead atoms. The molecule has 1 aromatic heterocycles. The third kappa shape index (κ3) is 4.66. The third-order valence-corrected chi connectivity index (χ3v) is 2.55. The molecule has 1 rings (SSSR count). The fourth-order valence-corrected chi connectivity index (χ4v) is 1.56. The molecule has 0 radical (unpaired) electrons. The molecule has 0 spiro atoms. The van der Waals surface area contributed by atoms with Crippen molar-refractivity contribution in [2.75, 3.05) is 38.6 Å². The second-order valence-corrected chi connectivity index (χ2v) is 4.38. The highest BCUT2D eigenvalue weighted by Crippen LogP contribution is 2.09. The normalized spacial score (nSPS) is 10.9. The van der Waals surface area contributed by atoms with Crippen molar-refractivity contribution in [3.63, 3.8) is 0 Å². The van der Waals surface area contributed by atoms with Crippen molar-refractivity contribution >= 4 is 5.82 Å². The number of aromatic nitrogens is 2. The quantitative estimate of drug-likeness (QED) is 0.757. The minimum Gasteiger partial charge on any atom is -0.354 e. The maximum Gasteiger partial charge on any atom is 0.151 e. The molecule has 0 unspecified atom stereocenters. The van der Waals surface area contributed by atoms with Gasteiger partial charge in [-0.2, -0.15) is 5.10 Å². The zero-order valence-electron chi connectivity index (χ0n) is 11.1. The van der Waals surface area contributed by atoms with E-state index < -0.39 is 0 Å². The lowest BCUT2D eigenvalue weighted by Gasteiger charge is -2.24. The summed E-state index contributed by atoms with van der Waals surface area (Å²) in [5.74, 6) is 0.936. The average molecular weight is 237 g/mol. The van der Waals surface area contributed by atoms with Crippen LogP contribution in [0.1, 0.15) is 19.0 Å². The van der Waals surface area contributed by atoms with E-state index in [1.165, 1.54) is 0 Å². The minimum absolute atomic E-state index is 0.443. The molecule has 0 atom stereocenters. The molecule has 0 saturated heterocycles. The van der Waals surface area contributed by atoms with E-state index in [1.807, 2.05) is 12.1 Å². The molecule has 0 aromatic carbocycles. The lowest BCUT2D eigenvalue weighted by molar-refractivity contribution is 0.412. The average Bonchev–Trinajstić information content (AvgIpc) is 2.34. The monoisotopic (exact) mass is 237 g/mol. The highest BCUT2D eigenvalue weighted by molar-refractivity contribution is 5.37. The Hall–Kier alpha value is -1.20. The fourth-order valence-electron chi connectivity index (χ4n) is 1.56. The van der Waals surface area contributed by atoms with Crippen molar-refractivity contribution in [3.05, 3.63) is 17.8 Å². The highest BCUT2D eigenvalue weighted by Gasteiger charge is 2.07. The van der Waals surface area contributed by atoms with Gasteiger partial charge in [-0.15, -0.1) is 5.10 Å². The minimum atomic E-state index is 0.443. The Morgan fingerprint density at radius 2 is 1.88 bits per heavy atom. The van der Waals surface area contributed by atoms with Gasteiger partial charge in [0, 0.05) is 26.2 Å². The van der Waals surface area contributed by atoms with Crippen LogP contribution in [0.3, 0.4) is 0 Å². The summed E-state index contributed by atoms with van der Waals surface area (Å²) in [6.07, 6.45) is 1.10. The van der Waals surface area contributed by atoms with E-state index in [9.17, 15) is 0 Å².